The molecule has 4 N–H and O–H groups in total. The Morgan fingerprint density at radius 2 is 1.56 bits per heavy atom. The molecule has 0 heterocycles. The van der Waals surface area contributed by atoms with Crippen LogP contribution in [0.3, 0.4) is 0 Å². The third-order valence-electron chi connectivity index (χ3n) is 4.28. The topological polar surface area (TPSA) is 116 Å². The van der Waals surface area contributed by atoms with Gasteiger partial charge in [-0.2, -0.15) is 0 Å². The fourth-order valence-electron chi connectivity index (χ4n) is 2.78. The molecular formula is C19H38NO6P. The Hall–Kier alpha value is -0.720. The molecule has 7 nitrogen and oxygen atoms in total. The molecule has 0 spiro atoms. The molecule has 0 aromatic carbocycles. The van der Waals surface area contributed by atoms with Crippen LogP contribution in [0.2, 0.25) is 0 Å². The first-order valence-electron chi connectivity index (χ1n) is 10.1. The number of aliphatic hydroxyl groups excluding tert-OH is 1. The molecule has 27 heavy (non-hydrogen) atoms. The number of amides is 1. The standard InChI is InChI=1S/C19H38NO6P/c1-3-4-5-6-7-8-9-10-11-12-13-14-15-19(22)18(20-17(2)21)16-26-27(23,24)25/h14-15,18-19,22H,3-13,16H2,1-2H3,(H,20,21)(H2,23,24,25)/b15-14+/t18-,19+/m0/s1. The van der Waals surface area contributed by atoms with Crippen LogP contribution in [0.15, 0.2) is 12.2 Å². The van der Waals surface area contributed by atoms with Crippen molar-refractivity contribution in [2.24, 2.45) is 0 Å². The van der Waals surface area contributed by atoms with E-state index in [2.05, 4.69) is 16.8 Å². The molecule has 8 heteroatoms. The van der Waals surface area contributed by atoms with Crippen LogP contribution in [0.4, 0.5) is 0 Å². The quantitative estimate of drug-likeness (QED) is 0.165. The zero-order valence-corrected chi connectivity index (χ0v) is 17.7. The molecule has 0 aromatic heterocycles. The average molecular weight is 407 g/mol. The smallest absolute Gasteiger partial charge is 0.387 e. The van der Waals surface area contributed by atoms with Gasteiger partial charge in [0, 0.05) is 6.92 Å². The molecule has 0 radical (unpaired) electrons. The van der Waals surface area contributed by atoms with Crippen molar-refractivity contribution in [3.05, 3.63) is 12.2 Å². The molecule has 1 amide bonds. The molecule has 0 aliphatic rings. The Balaban J connectivity index is 3.89. The van der Waals surface area contributed by atoms with Gasteiger partial charge in [-0.05, 0) is 12.8 Å². The molecule has 0 aliphatic carbocycles. The zero-order valence-electron chi connectivity index (χ0n) is 16.8. The minimum atomic E-state index is -4.65. The van der Waals surface area contributed by atoms with E-state index in [0.717, 1.165) is 19.3 Å². The number of phosphoric ester groups is 1. The molecule has 0 rings (SSSR count). The second-order valence-corrected chi connectivity index (χ2v) is 8.22. The van der Waals surface area contributed by atoms with Crippen molar-refractivity contribution in [2.75, 3.05) is 6.61 Å². The van der Waals surface area contributed by atoms with E-state index in [9.17, 15) is 14.5 Å². The van der Waals surface area contributed by atoms with Crippen LogP contribution in [0, 0.1) is 0 Å². The van der Waals surface area contributed by atoms with Gasteiger partial charge in [0.1, 0.15) is 0 Å². The summed E-state index contributed by atoms with van der Waals surface area (Å²) in [5, 5.41) is 12.5. The number of carbonyl (C=O) groups excluding carboxylic acids is 1. The molecule has 0 saturated heterocycles. The summed E-state index contributed by atoms with van der Waals surface area (Å²) in [5.74, 6) is -0.406. The first-order chi connectivity index (χ1) is 12.8. The molecular weight excluding hydrogens is 369 g/mol. The number of hydrogen-bond acceptors (Lipinski definition) is 4. The number of hydrogen-bond donors (Lipinski definition) is 4. The SMILES string of the molecule is CCCCCCCCCCCC/C=C/[C@@H](O)[C@H](COP(=O)(O)O)NC(C)=O. The van der Waals surface area contributed by atoms with Crippen molar-refractivity contribution in [3.8, 4) is 0 Å². The van der Waals surface area contributed by atoms with E-state index < -0.39 is 32.5 Å². The second kappa shape index (κ2) is 16.3. The molecule has 0 aromatic rings. The molecule has 0 aliphatic heterocycles. The molecule has 0 unspecified atom stereocenters. The highest BCUT2D eigenvalue weighted by Gasteiger charge is 2.23. The fraction of sp³-hybridized carbons (Fsp3) is 0.842. The first-order valence-corrected chi connectivity index (χ1v) is 11.6. The third kappa shape index (κ3) is 18.4. The van der Waals surface area contributed by atoms with E-state index in [-0.39, 0.29) is 0 Å². The minimum Gasteiger partial charge on any atom is -0.387 e. The zero-order chi connectivity index (χ0) is 20.5. The lowest BCUT2D eigenvalue weighted by Gasteiger charge is -2.21. The van der Waals surface area contributed by atoms with Crippen molar-refractivity contribution in [2.45, 2.75) is 96.6 Å². The Morgan fingerprint density at radius 1 is 1.04 bits per heavy atom. The van der Waals surface area contributed by atoms with Crippen LogP contribution in [-0.2, 0) is 13.9 Å². The average Bonchev–Trinajstić information content (AvgIpc) is 2.58. The van der Waals surface area contributed by atoms with Gasteiger partial charge in [0.15, 0.2) is 0 Å². The van der Waals surface area contributed by atoms with E-state index in [1.54, 1.807) is 0 Å². The van der Waals surface area contributed by atoms with Crippen LogP contribution in [0.1, 0.15) is 84.5 Å². The largest absolute Gasteiger partial charge is 0.469 e. The van der Waals surface area contributed by atoms with Gasteiger partial charge >= 0.3 is 7.82 Å². The van der Waals surface area contributed by atoms with Crippen LogP contribution < -0.4 is 5.32 Å². The number of phosphoric acid groups is 1. The highest BCUT2D eigenvalue weighted by molar-refractivity contribution is 7.46. The summed E-state index contributed by atoms with van der Waals surface area (Å²) in [6.45, 7) is 3.03. The van der Waals surface area contributed by atoms with Crippen LogP contribution >= 0.6 is 7.82 Å². The van der Waals surface area contributed by atoms with E-state index in [1.807, 2.05) is 6.08 Å². The van der Waals surface area contributed by atoms with Crippen LogP contribution in [0.5, 0.6) is 0 Å². The third-order valence-corrected chi connectivity index (χ3v) is 4.77. The number of unbranched alkanes of at least 4 members (excludes halogenated alkanes) is 10. The van der Waals surface area contributed by atoms with Gasteiger partial charge in [0.05, 0.1) is 18.8 Å². The van der Waals surface area contributed by atoms with Crippen LogP contribution in [0.25, 0.3) is 0 Å². The summed E-state index contributed by atoms with van der Waals surface area (Å²) in [7, 11) is -4.65. The summed E-state index contributed by atoms with van der Waals surface area (Å²) >= 11 is 0. The second-order valence-electron chi connectivity index (χ2n) is 6.98. The Morgan fingerprint density at radius 3 is 2.04 bits per heavy atom. The summed E-state index contributed by atoms with van der Waals surface area (Å²) in [5.41, 5.74) is 0. The Bertz CT molecular complexity index is 451. The monoisotopic (exact) mass is 407 g/mol. The Labute approximate surface area is 163 Å². The summed E-state index contributed by atoms with van der Waals surface area (Å²) in [6, 6.07) is -0.904. The lowest BCUT2D eigenvalue weighted by atomic mass is 10.1. The first kappa shape index (κ1) is 26.3. The van der Waals surface area contributed by atoms with Gasteiger partial charge in [0.25, 0.3) is 0 Å². The van der Waals surface area contributed by atoms with E-state index in [0.29, 0.717) is 0 Å². The van der Waals surface area contributed by atoms with E-state index in [1.165, 1.54) is 64.4 Å². The number of rotatable bonds is 17. The van der Waals surface area contributed by atoms with Crippen molar-refractivity contribution in [1.29, 1.82) is 0 Å². The number of aliphatic hydroxyl groups is 1. The van der Waals surface area contributed by atoms with E-state index in [4.69, 9.17) is 9.79 Å². The van der Waals surface area contributed by atoms with Crippen molar-refractivity contribution < 1.29 is 28.8 Å². The van der Waals surface area contributed by atoms with Gasteiger partial charge in [-0.1, -0.05) is 76.9 Å². The van der Waals surface area contributed by atoms with Gasteiger partial charge in [-0.3, -0.25) is 9.32 Å². The van der Waals surface area contributed by atoms with Crippen molar-refractivity contribution >= 4 is 13.7 Å². The number of carbonyl (C=O) groups is 1. The maximum atomic E-state index is 11.2. The predicted molar refractivity (Wildman–Crippen MR) is 107 cm³/mol. The van der Waals surface area contributed by atoms with Gasteiger partial charge in [-0.15, -0.1) is 0 Å². The predicted octanol–water partition coefficient (Wildman–Crippen LogP) is 3.83. The minimum absolute atomic E-state index is 0.406. The molecule has 0 fully saturated rings. The normalized spacial score (nSPS) is 14.4. The molecule has 160 valence electrons. The lowest BCUT2D eigenvalue weighted by Crippen LogP contribution is -2.44. The lowest BCUT2D eigenvalue weighted by molar-refractivity contribution is -0.120. The maximum Gasteiger partial charge on any atom is 0.469 e. The van der Waals surface area contributed by atoms with Gasteiger partial charge in [0.2, 0.25) is 5.91 Å². The molecule has 0 saturated carbocycles. The number of allylic oxidation sites excluding steroid dienone is 1. The molecule has 0 bridgehead atoms. The van der Waals surface area contributed by atoms with Crippen molar-refractivity contribution in [3.63, 3.8) is 0 Å². The van der Waals surface area contributed by atoms with Crippen molar-refractivity contribution in [1.82, 2.24) is 5.32 Å². The van der Waals surface area contributed by atoms with Gasteiger partial charge in [-0.25, -0.2) is 4.57 Å². The molecule has 2 atom stereocenters. The van der Waals surface area contributed by atoms with E-state index >= 15 is 0 Å². The Kier molecular flexibility index (Phi) is 15.8. The highest BCUT2D eigenvalue weighted by atomic mass is 31.2. The summed E-state index contributed by atoms with van der Waals surface area (Å²) in [4.78, 5) is 28.7. The fourth-order valence-corrected chi connectivity index (χ4v) is 3.14. The summed E-state index contributed by atoms with van der Waals surface area (Å²) in [6.07, 6.45) is 15.7. The number of nitrogens with one attached hydrogen (secondary N) is 1. The van der Waals surface area contributed by atoms with Crippen LogP contribution in [-0.4, -0.2) is 39.6 Å². The summed E-state index contributed by atoms with van der Waals surface area (Å²) < 4.78 is 15.2. The maximum absolute atomic E-state index is 11.2. The highest BCUT2D eigenvalue weighted by Crippen LogP contribution is 2.35. The van der Waals surface area contributed by atoms with Gasteiger partial charge < -0.3 is 20.2 Å².